The van der Waals surface area contributed by atoms with Crippen molar-refractivity contribution in [3.8, 4) is 0 Å². The molecule has 1 N–H and O–H groups in total. The number of amides is 2. The molecule has 1 aliphatic heterocycles. The largest absolute Gasteiger partial charge is 0.349 e. The Morgan fingerprint density at radius 2 is 1.96 bits per heavy atom. The molecule has 26 heavy (non-hydrogen) atoms. The number of rotatable bonds is 4. The first kappa shape index (κ1) is 17.2. The van der Waals surface area contributed by atoms with E-state index in [9.17, 15) is 9.59 Å². The van der Waals surface area contributed by atoms with E-state index in [0.29, 0.717) is 18.7 Å². The lowest BCUT2D eigenvalue weighted by atomic mass is 9.87. The summed E-state index contributed by atoms with van der Waals surface area (Å²) in [6, 6.07) is 16.3. The van der Waals surface area contributed by atoms with Crippen LogP contribution in [0, 0.1) is 0 Å². The predicted octanol–water partition coefficient (Wildman–Crippen LogP) is 3.71. The van der Waals surface area contributed by atoms with Gasteiger partial charge in [-0.05, 0) is 42.5 Å². The average molecular weight is 366 g/mol. The van der Waals surface area contributed by atoms with Crippen LogP contribution in [0.4, 0.5) is 5.69 Å². The molecule has 5 heteroatoms. The number of aryl methyl sites for hydroxylation is 1. The van der Waals surface area contributed by atoms with Crippen LogP contribution in [0.2, 0.25) is 0 Å². The van der Waals surface area contributed by atoms with Crippen LogP contribution < -0.4 is 10.2 Å². The van der Waals surface area contributed by atoms with E-state index in [4.69, 9.17) is 0 Å². The Labute approximate surface area is 158 Å². The van der Waals surface area contributed by atoms with Crippen LogP contribution in [0.1, 0.15) is 36.4 Å². The topological polar surface area (TPSA) is 49.4 Å². The Balaban J connectivity index is 1.40. The number of hydrogen-bond acceptors (Lipinski definition) is 3. The minimum absolute atomic E-state index is 0.00945. The molecule has 0 spiro atoms. The van der Waals surface area contributed by atoms with E-state index in [0.717, 1.165) is 29.8 Å². The molecular formula is C21H22N2O2S. The number of carbonyl (C=O) groups excluding carboxylic acids is 2. The molecule has 0 saturated carbocycles. The first-order valence-electron chi connectivity index (χ1n) is 9.12. The van der Waals surface area contributed by atoms with Crippen LogP contribution in [0.5, 0.6) is 0 Å². The predicted molar refractivity (Wildman–Crippen MR) is 104 cm³/mol. The summed E-state index contributed by atoms with van der Waals surface area (Å²) < 4.78 is 0. The lowest BCUT2D eigenvalue weighted by Crippen LogP contribution is -2.39. The summed E-state index contributed by atoms with van der Waals surface area (Å²) >= 11 is 1.56. The monoisotopic (exact) mass is 366 g/mol. The molecule has 0 aromatic heterocycles. The van der Waals surface area contributed by atoms with Gasteiger partial charge >= 0.3 is 0 Å². The van der Waals surface area contributed by atoms with Gasteiger partial charge in [0.15, 0.2) is 0 Å². The lowest BCUT2D eigenvalue weighted by molar-refractivity contribution is -0.121. The Morgan fingerprint density at radius 3 is 2.88 bits per heavy atom. The molecule has 1 heterocycles. The van der Waals surface area contributed by atoms with Crippen molar-refractivity contribution in [3.63, 3.8) is 0 Å². The van der Waals surface area contributed by atoms with Crippen LogP contribution in [-0.2, 0) is 16.0 Å². The number of fused-ring (bicyclic) bond motifs is 2. The van der Waals surface area contributed by atoms with Gasteiger partial charge < -0.3 is 10.2 Å². The number of carbonyl (C=O) groups is 2. The Hall–Kier alpha value is -2.27. The number of hydrogen-bond donors (Lipinski definition) is 1. The van der Waals surface area contributed by atoms with Gasteiger partial charge in [-0.2, -0.15) is 0 Å². The minimum Gasteiger partial charge on any atom is -0.349 e. The molecule has 0 saturated heterocycles. The second kappa shape index (κ2) is 7.54. The number of benzene rings is 2. The maximum Gasteiger partial charge on any atom is 0.237 e. The maximum atomic E-state index is 12.5. The van der Waals surface area contributed by atoms with Crippen molar-refractivity contribution in [1.29, 1.82) is 0 Å². The average Bonchev–Trinajstić information content (AvgIpc) is 2.67. The summed E-state index contributed by atoms with van der Waals surface area (Å²) in [5.41, 5.74) is 3.49. The SMILES string of the molecule is O=C(CCN1C(=O)CSc2ccccc21)N[C@H]1CCCc2ccccc21. The van der Waals surface area contributed by atoms with E-state index in [1.54, 1.807) is 16.7 Å². The number of nitrogens with zero attached hydrogens (tertiary/aromatic N) is 1. The molecule has 1 aliphatic carbocycles. The zero-order valence-corrected chi connectivity index (χ0v) is 15.4. The minimum atomic E-state index is 0.00945. The summed E-state index contributed by atoms with van der Waals surface area (Å²) in [4.78, 5) is 27.7. The van der Waals surface area contributed by atoms with Gasteiger partial charge in [-0.25, -0.2) is 0 Å². The zero-order chi connectivity index (χ0) is 17.9. The highest BCUT2D eigenvalue weighted by Gasteiger charge is 2.26. The van der Waals surface area contributed by atoms with Gasteiger partial charge in [-0.3, -0.25) is 9.59 Å². The summed E-state index contributed by atoms with van der Waals surface area (Å²) in [5.74, 6) is 0.522. The summed E-state index contributed by atoms with van der Waals surface area (Å²) in [7, 11) is 0. The van der Waals surface area contributed by atoms with Crippen molar-refractivity contribution in [2.24, 2.45) is 0 Å². The van der Waals surface area contributed by atoms with Crippen LogP contribution in [-0.4, -0.2) is 24.1 Å². The fraction of sp³-hybridized carbons (Fsp3) is 0.333. The highest BCUT2D eigenvalue weighted by Crippen LogP contribution is 2.35. The third-order valence-corrected chi connectivity index (χ3v) is 6.12. The number of para-hydroxylation sites is 1. The van der Waals surface area contributed by atoms with Crippen LogP contribution >= 0.6 is 11.8 Å². The fourth-order valence-electron chi connectivity index (χ4n) is 3.78. The normalized spacial score (nSPS) is 18.8. The highest BCUT2D eigenvalue weighted by atomic mass is 32.2. The van der Waals surface area contributed by atoms with Crippen molar-refractivity contribution in [2.75, 3.05) is 17.2 Å². The van der Waals surface area contributed by atoms with Crippen LogP contribution in [0.25, 0.3) is 0 Å². The zero-order valence-electron chi connectivity index (χ0n) is 14.6. The molecule has 2 aromatic rings. The first-order valence-corrected chi connectivity index (χ1v) is 10.1. The van der Waals surface area contributed by atoms with Gasteiger partial charge in [-0.1, -0.05) is 36.4 Å². The Morgan fingerprint density at radius 1 is 1.15 bits per heavy atom. The molecule has 4 nitrogen and oxygen atoms in total. The van der Waals surface area contributed by atoms with E-state index in [1.165, 1.54) is 11.1 Å². The second-order valence-electron chi connectivity index (χ2n) is 6.76. The standard InChI is InChI=1S/C21H22N2O2S/c24-20(22-17-9-5-7-15-6-1-2-8-16(15)17)12-13-23-18-10-3-4-11-19(18)26-14-21(23)25/h1-4,6,8,10-11,17H,5,7,9,12-14H2,(H,22,24)/t17-/m0/s1. The summed E-state index contributed by atoms with van der Waals surface area (Å²) in [6.45, 7) is 0.427. The third kappa shape index (κ3) is 3.49. The Bertz CT molecular complexity index is 836. The molecule has 0 fully saturated rings. The van der Waals surface area contributed by atoms with Crippen molar-refractivity contribution in [2.45, 2.75) is 36.6 Å². The van der Waals surface area contributed by atoms with Gasteiger partial charge in [0.2, 0.25) is 11.8 Å². The second-order valence-corrected chi connectivity index (χ2v) is 7.78. The van der Waals surface area contributed by atoms with Gasteiger partial charge in [0, 0.05) is 17.9 Å². The van der Waals surface area contributed by atoms with Crippen LogP contribution in [0.3, 0.4) is 0 Å². The van der Waals surface area contributed by atoms with Crippen molar-refractivity contribution < 1.29 is 9.59 Å². The number of anilines is 1. The van der Waals surface area contributed by atoms with Crippen molar-refractivity contribution in [1.82, 2.24) is 5.32 Å². The van der Waals surface area contributed by atoms with E-state index in [2.05, 4.69) is 23.5 Å². The van der Waals surface area contributed by atoms with Crippen LogP contribution in [0.15, 0.2) is 53.4 Å². The molecule has 0 radical (unpaired) electrons. The van der Waals surface area contributed by atoms with E-state index in [1.807, 2.05) is 30.3 Å². The number of nitrogens with one attached hydrogen (secondary N) is 1. The van der Waals surface area contributed by atoms with Gasteiger partial charge in [0.25, 0.3) is 0 Å². The molecule has 0 unspecified atom stereocenters. The lowest BCUT2D eigenvalue weighted by Gasteiger charge is -2.29. The Kier molecular flexibility index (Phi) is 4.98. The molecule has 134 valence electrons. The van der Waals surface area contributed by atoms with E-state index in [-0.39, 0.29) is 17.9 Å². The molecule has 2 aliphatic rings. The quantitative estimate of drug-likeness (QED) is 0.897. The first-order chi connectivity index (χ1) is 12.7. The van der Waals surface area contributed by atoms with E-state index >= 15 is 0 Å². The molecule has 0 bridgehead atoms. The fourth-order valence-corrected chi connectivity index (χ4v) is 4.72. The van der Waals surface area contributed by atoms with Gasteiger partial charge in [0.1, 0.15) is 0 Å². The highest BCUT2D eigenvalue weighted by molar-refractivity contribution is 8.00. The molecule has 2 aromatic carbocycles. The summed E-state index contributed by atoms with van der Waals surface area (Å²) in [6.07, 6.45) is 3.48. The molecule has 4 rings (SSSR count). The van der Waals surface area contributed by atoms with Gasteiger partial charge in [-0.15, -0.1) is 11.8 Å². The maximum absolute atomic E-state index is 12.5. The van der Waals surface area contributed by atoms with E-state index < -0.39 is 0 Å². The van der Waals surface area contributed by atoms with Crippen molar-refractivity contribution >= 4 is 29.3 Å². The van der Waals surface area contributed by atoms with Crippen molar-refractivity contribution in [3.05, 3.63) is 59.7 Å². The molecular weight excluding hydrogens is 344 g/mol. The smallest absolute Gasteiger partial charge is 0.237 e. The van der Waals surface area contributed by atoms with Gasteiger partial charge in [0.05, 0.1) is 17.5 Å². The summed E-state index contributed by atoms with van der Waals surface area (Å²) in [5, 5.41) is 3.17. The molecule has 1 atom stereocenters. The number of thioether (sulfide) groups is 1. The third-order valence-electron chi connectivity index (χ3n) is 5.08. The molecule has 2 amide bonds.